The fourth-order valence-electron chi connectivity index (χ4n) is 2.70. The number of aryl methyl sites for hydroxylation is 1. The van der Waals surface area contributed by atoms with Gasteiger partial charge in [-0.2, -0.15) is 17.2 Å². The molecule has 10 heteroatoms. The highest BCUT2D eigenvalue weighted by Crippen LogP contribution is 2.27. The Morgan fingerprint density at radius 2 is 1.71 bits per heavy atom. The molecule has 3 rings (SSSR count). The van der Waals surface area contributed by atoms with Crippen LogP contribution in [0, 0.1) is 6.92 Å². The maximum atomic E-state index is 12.2. The van der Waals surface area contributed by atoms with E-state index in [0.717, 1.165) is 5.56 Å². The summed E-state index contributed by atoms with van der Waals surface area (Å²) in [6.45, 7) is 0.640. The normalized spacial score (nSPS) is 11.4. The lowest BCUT2D eigenvalue weighted by Crippen LogP contribution is -2.13. The standard InChI is InChI=1S/C21H21F2N3O4S/c1-3-10-31(27,28)30-19-11-17(7-4-14(19)2)26-21-24-12-16(13-25-21)15-5-8-18(9-6-15)29-20(22)23/h4-9,11-13,20H,3,10H2,1-2H3,(H,24,25,26). The molecule has 164 valence electrons. The molecule has 1 heterocycles. The van der Waals surface area contributed by atoms with Crippen LogP contribution in [-0.2, 0) is 10.1 Å². The fraction of sp³-hybridized carbons (Fsp3) is 0.238. The van der Waals surface area contributed by atoms with E-state index in [1.165, 1.54) is 12.1 Å². The van der Waals surface area contributed by atoms with Gasteiger partial charge in [0.25, 0.3) is 0 Å². The van der Waals surface area contributed by atoms with Gasteiger partial charge in [0.1, 0.15) is 11.5 Å². The summed E-state index contributed by atoms with van der Waals surface area (Å²) in [5.74, 6) is 0.536. The number of hydrogen-bond acceptors (Lipinski definition) is 7. The Morgan fingerprint density at radius 3 is 2.32 bits per heavy atom. The van der Waals surface area contributed by atoms with Crippen LogP contribution >= 0.6 is 0 Å². The van der Waals surface area contributed by atoms with E-state index in [1.54, 1.807) is 56.6 Å². The predicted octanol–water partition coefficient (Wildman–Crippen LogP) is 4.92. The molecule has 7 nitrogen and oxygen atoms in total. The molecular weight excluding hydrogens is 428 g/mol. The lowest BCUT2D eigenvalue weighted by atomic mass is 10.1. The van der Waals surface area contributed by atoms with Crippen LogP contribution in [0.25, 0.3) is 11.1 Å². The number of hydrogen-bond donors (Lipinski definition) is 1. The highest BCUT2D eigenvalue weighted by atomic mass is 32.2. The van der Waals surface area contributed by atoms with Gasteiger partial charge in [0.05, 0.1) is 5.75 Å². The summed E-state index contributed by atoms with van der Waals surface area (Å²) in [6.07, 6.45) is 3.62. The van der Waals surface area contributed by atoms with Gasteiger partial charge in [-0.05, 0) is 42.7 Å². The molecule has 1 N–H and O–H groups in total. The molecule has 0 radical (unpaired) electrons. The summed E-state index contributed by atoms with van der Waals surface area (Å²) in [7, 11) is -3.65. The van der Waals surface area contributed by atoms with Crippen LogP contribution in [0.4, 0.5) is 20.4 Å². The van der Waals surface area contributed by atoms with Crippen molar-refractivity contribution in [3.05, 3.63) is 60.4 Å². The molecule has 0 aliphatic carbocycles. The number of benzene rings is 2. The summed E-state index contributed by atoms with van der Waals surface area (Å²) in [4.78, 5) is 8.49. The van der Waals surface area contributed by atoms with Crippen LogP contribution in [0.1, 0.15) is 18.9 Å². The SMILES string of the molecule is CCCS(=O)(=O)Oc1cc(Nc2ncc(-c3ccc(OC(F)F)cc3)cn2)ccc1C. The molecule has 0 bridgehead atoms. The number of nitrogens with zero attached hydrogens (tertiary/aromatic N) is 2. The second-order valence-electron chi connectivity index (χ2n) is 6.65. The molecule has 2 aromatic carbocycles. The molecule has 0 aliphatic heterocycles. The van der Waals surface area contributed by atoms with Crippen LogP contribution in [0.15, 0.2) is 54.9 Å². The zero-order chi connectivity index (χ0) is 22.4. The minimum absolute atomic E-state index is 0.0656. The quantitative estimate of drug-likeness (QED) is 0.464. The number of rotatable bonds is 9. The Kier molecular flexibility index (Phi) is 7.01. The molecule has 31 heavy (non-hydrogen) atoms. The van der Waals surface area contributed by atoms with Gasteiger partial charge in [-0.3, -0.25) is 0 Å². The number of anilines is 2. The van der Waals surface area contributed by atoms with E-state index in [-0.39, 0.29) is 17.3 Å². The number of alkyl halides is 2. The van der Waals surface area contributed by atoms with Crippen molar-refractivity contribution in [2.24, 2.45) is 0 Å². The van der Waals surface area contributed by atoms with Gasteiger partial charge in [-0.25, -0.2) is 9.97 Å². The zero-order valence-electron chi connectivity index (χ0n) is 16.9. The van der Waals surface area contributed by atoms with Gasteiger partial charge in [0.2, 0.25) is 5.95 Å². The smallest absolute Gasteiger partial charge is 0.387 e. The average molecular weight is 449 g/mol. The largest absolute Gasteiger partial charge is 0.435 e. The van der Waals surface area contributed by atoms with Crippen LogP contribution < -0.4 is 14.2 Å². The molecule has 0 saturated heterocycles. The van der Waals surface area contributed by atoms with Gasteiger partial charge in [0, 0.05) is 29.7 Å². The van der Waals surface area contributed by atoms with Crippen LogP contribution in [0.3, 0.4) is 0 Å². The van der Waals surface area contributed by atoms with E-state index in [1.807, 2.05) is 0 Å². The molecule has 0 fully saturated rings. The third kappa shape index (κ3) is 6.35. The van der Waals surface area contributed by atoms with Crippen molar-refractivity contribution in [3.8, 4) is 22.6 Å². The van der Waals surface area contributed by atoms with E-state index < -0.39 is 16.7 Å². The summed E-state index contributed by atoms with van der Waals surface area (Å²) in [5.41, 5.74) is 2.67. The van der Waals surface area contributed by atoms with Crippen molar-refractivity contribution in [1.82, 2.24) is 9.97 Å². The Hall–Kier alpha value is -3.27. The topological polar surface area (TPSA) is 90.4 Å². The molecule has 1 aromatic heterocycles. The average Bonchev–Trinajstić information content (AvgIpc) is 2.71. The molecular formula is C21H21F2N3O4S. The lowest BCUT2D eigenvalue weighted by molar-refractivity contribution is -0.0498. The minimum Gasteiger partial charge on any atom is -0.435 e. The second-order valence-corrected chi connectivity index (χ2v) is 8.34. The van der Waals surface area contributed by atoms with Gasteiger partial charge in [-0.1, -0.05) is 25.1 Å². The summed E-state index contributed by atoms with van der Waals surface area (Å²) >= 11 is 0. The molecule has 3 aromatic rings. The van der Waals surface area contributed by atoms with Gasteiger partial charge in [-0.15, -0.1) is 0 Å². The first-order valence-corrected chi connectivity index (χ1v) is 11.0. The van der Waals surface area contributed by atoms with Crippen molar-refractivity contribution >= 4 is 21.8 Å². The predicted molar refractivity (Wildman–Crippen MR) is 113 cm³/mol. The van der Waals surface area contributed by atoms with Crippen LogP contribution in [-0.4, -0.2) is 30.8 Å². The van der Waals surface area contributed by atoms with E-state index in [0.29, 0.717) is 29.2 Å². The van der Waals surface area contributed by atoms with Crippen molar-refractivity contribution in [2.75, 3.05) is 11.1 Å². The number of halogens is 2. The van der Waals surface area contributed by atoms with E-state index in [9.17, 15) is 17.2 Å². The van der Waals surface area contributed by atoms with Gasteiger partial charge < -0.3 is 14.2 Å². The lowest BCUT2D eigenvalue weighted by Gasteiger charge is -2.11. The zero-order valence-corrected chi connectivity index (χ0v) is 17.7. The molecule has 0 amide bonds. The first kappa shape index (κ1) is 22.4. The third-order valence-corrected chi connectivity index (χ3v) is 5.52. The Labute approximate surface area is 179 Å². The summed E-state index contributed by atoms with van der Waals surface area (Å²) in [6, 6.07) is 11.2. The van der Waals surface area contributed by atoms with E-state index >= 15 is 0 Å². The third-order valence-electron chi connectivity index (χ3n) is 4.18. The van der Waals surface area contributed by atoms with Crippen LogP contribution in [0.5, 0.6) is 11.5 Å². The number of nitrogens with one attached hydrogen (secondary N) is 1. The number of aromatic nitrogens is 2. The Bertz CT molecular complexity index is 1120. The molecule has 0 aliphatic rings. The van der Waals surface area contributed by atoms with Crippen LogP contribution in [0.2, 0.25) is 0 Å². The first-order valence-electron chi connectivity index (χ1n) is 9.43. The van der Waals surface area contributed by atoms with Gasteiger partial charge in [0.15, 0.2) is 0 Å². The van der Waals surface area contributed by atoms with Crippen molar-refractivity contribution in [1.29, 1.82) is 0 Å². The summed E-state index contributed by atoms with van der Waals surface area (Å²) in [5, 5.41) is 3.00. The van der Waals surface area contributed by atoms with Crippen molar-refractivity contribution < 1.29 is 26.1 Å². The molecule has 0 saturated carbocycles. The number of ether oxygens (including phenoxy) is 1. The molecule has 0 atom stereocenters. The molecule has 0 spiro atoms. The second kappa shape index (κ2) is 9.69. The monoisotopic (exact) mass is 449 g/mol. The Morgan fingerprint density at radius 1 is 1.03 bits per heavy atom. The van der Waals surface area contributed by atoms with Gasteiger partial charge >= 0.3 is 16.7 Å². The fourth-order valence-corrected chi connectivity index (χ4v) is 3.73. The highest BCUT2D eigenvalue weighted by molar-refractivity contribution is 7.87. The maximum Gasteiger partial charge on any atom is 0.387 e. The van der Waals surface area contributed by atoms with E-state index in [4.69, 9.17) is 4.18 Å². The van der Waals surface area contributed by atoms with Crippen molar-refractivity contribution in [3.63, 3.8) is 0 Å². The highest BCUT2D eigenvalue weighted by Gasteiger charge is 2.14. The maximum absolute atomic E-state index is 12.2. The first-order chi connectivity index (χ1) is 14.8. The Balaban J connectivity index is 1.72. The summed E-state index contributed by atoms with van der Waals surface area (Å²) < 4.78 is 57.9. The minimum atomic E-state index is -3.65. The van der Waals surface area contributed by atoms with E-state index in [2.05, 4.69) is 20.0 Å². The molecule has 0 unspecified atom stereocenters. The van der Waals surface area contributed by atoms with Crippen molar-refractivity contribution in [2.45, 2.75) is 26.9 Å².